The molecule has 0 aliphatic heterocycles. The molecule has 1 rings (SSSR count). The average Bonchev–Trinajstić information content (AvgIpc) is 2.28. The van der Waals surface area contributed by atoms with Gasteiger partial charge in [-0.15, -0.1) is 0 Å². The van der Waals surface area contributed by atoms with Gasteiger partial charge in [0.2, 0.25) is 0 Å². The Bertz CT molecular complexity index is 385. The number of hydrogen-bond acceptors (Lipinski definition) is 3. The number of pyridine rings is 1. The van der Waals surface area contributed by atoms with E-state index in [4.69, 9.17) is 0 Å². The van der Waals surface area contributed by atoms with Gasteiger partial charge in [-0.3, -0.25) is 4.98 Å². The molecule has 0 unspecified atom stereocenters. The van der Waals surface area contributed by atoms with E-state index < -0.39 is 0 Å². The second-order valence-electron chi connectivity index (χ2n) is 5.34. The van der Waals surface area contributed by atoms with Gasteiger partial charge < -0.3 is 10.2 Å². The Balaban J connectivity index is 2.69. The molecule has 0 saturated heterocycles. The lowest BCUT2D eigenvalue weighted by Crippen LogP contribution is -2.24. The smallest absolute Gasteiger partial charge is 0.0443 e. The molecule has 0 amide bonds. The number of aromatic nitrogens is 1. The maximum Gasteiger partial charge on any atom is 0.0443 e. The second-order valence-corrected chi connectivity index (χ2v) is 5.34. The summed E-state index contributed by atoms with van der Waals surface area (Å²) < 4.78 is 0. The van der Waals surface area contributed by atoms with E-state index in [1.807, 2.05) is 19.3 Å². The first-order valence-electron chi connectivity index (χ1n) is 6.49. The van der Waals surface area contributed by atoms with Crippen molar-refractivity contribution in [3.8, 4) is 0 Å². The minimum absolute atomic E-state index is 0.665. The Morgan fingerprint density at radius 2 is 2.22 bits per heavy atom. The van der Waals surface area contributed by atoms with E-state index in [1.54, 1.807) is 0 Å². The van der Waals surface area contributed by atoms with Gasteiger partial charge in [-0.2, -0.15) is 0 Å². The van der Waals surface area contributed by atoms with E-state index in [2.05, 4.69) is 48.7 Å². The van der Waals surface area contributed by atoms with Crippen LogP contribution in [0.4, 0.5) is 5.69 Å². The Labute approximate surface area is 111 Å². The van der Waals surface area contributed by atoms with Gasteiger partial charge in [0.05, 0.1) is 0 Å². The van der Waals surface area contributed by atoms with Gasteiger partial charge in [0.25, 0.3) is 0 Å². The highest BCUT2D eigenvalue weighted by Gasteiger charge is 2.07. The van der Waals surface area contributed by atoms with Crippen molar-refractivity contribution in [1.82, 2.24) is 10.3 Å². The van der Waals surface area contributed by atoms with Crippen molar-refractivity contribution in [2.45, 2.75) is 27.3 Å². The van der Waals surface area contributed by atoms with Crippen LogP contribution in [-0.4, -0.2) is 25.1 Å². The summed E-state index contributed by atoms with van der Waals surface area (Å²) in [4.78, 5) is 6.43. The van der Waals surface area contributed by atoms with Gasteiger partial charge in [-0.25, -0.2) is 0 Å². The van der Waals surface area contributed by atoms with Gasteiger partial charge in [-0.1, -0.05) is 26.0 Å². The van der Waals surface area contributed by atoms with E-state index in [9.17, 15) is 0 Å². The largest absolute Gasteiger partial charge is 0.370 e. The SMILES string of the molecule is C=C(C)CN(C)c1ccncc1CNCC(C)C. The molecule has 1 heterocycles. The van der Waals surface area contributed by atoms with Gasteiger partial charge in [0.15, 0.2) is 0 Å². The topological polar surface area (TPSA) is 28.2 Å². The van der Waals surface area contributed by atoms with Crippen LogP contribution in [-0.2, 0) is 6.54 Å². The summed E-state index contributed by atoms with van der Waals surface area (Å²) >= 11 is 0. The molecule has 0 spiro atoms. The summed E-state index contributed by atoms with van der Waals surface area (Å²) in [6.07, 6.45) is 3.79. The summed E-state index contributed by atoms with van der Waals surface area (Å²) in [5, 5.41) is 3.46. The van der Waals surface area contributed by atoms with E-state index in [0.29, 0.717) is 5.92 Å². The zero-order chi connectivity index (χ0) is 13.5. The lowest BCUT2D eigenvalue weighted by Gasteiger charge is -2.22. The fraction of sp³-hybridized carbons (Fsp3) is 0.533. The zero-order valence-electron chi connectivity index (χ0n) is 12.0. The van der Waals surface area contributed by atoms with Crippen LogP contribution in [0.5, 0.6) is 0 Å². The highest BCUT2D eigenvalue weighted by molar-refractivity contribution is 5.52. The van der Waals surface area contributed by atoms with E-state index >= 15 is 0 Å². The van der Waals surface area contributed by atoms with Gasteiger partial charge in [0.1, 0.15) is 0 Å². The van der Waals surface area contributed by atoms with Gasteiger partial charge >= 0.3 is 0 Å². The van der Waals surface area contributed by atoms with Crippen molar-refractivity contribution < 1.29 is 0 Å². The highest BCUT2D eigenvalue weighted by Crippen LogP contribution is 2.18. The Kier molecular flexibility index (Phi) is 5.86. The molecule has 0 saturated carbocycles. The van der Waals surface area contributed by atoms with Crippen LogP contribution in [0, 0.1) is 5.92 Å². The van der Waals surface area contributed by atoms with Crippen LogP contribution < -0.4 is 10.2 Å². The monoisotopic (exact) mass is 247 g/mol. The molecule has 100 valence electrons. The summed E-state index contributed by atoms with van der Waals surface area (Å²) in [5.74, 6) is 0.665. The quantitative estimate of drug-likeness (QED) is 0.751. The normalized spacial score (nSPS) is 10.7. The third-order valence-corrected chi connectivity index (χ3v) is 2.66. The summed E-state index contributed by atoms with van der Waals surface area (Å²) in [6.45, 7) is 13.2. The van der Waals surface area contributed by atoms with Crippen molar-refractivity contribution in [3.05, 3.63) is 36.2 Å². The molecule has 0 bridgehead atoms. The molecule has 1 aromatic heterocycles. The Hall–Kier alpha value is -1.35. The number of likely N-dealkylation sites (N-methyl/N-ethyl adjacent to an activating group) is 1. The fourth-order valence-electron chi connectivity index (χ4n) is 1.91. The molecule has 1 N–H and O–H groups in total. The molecule has 0 atom stereocenters. The second kappa shape index (κ2) is 7.17. The number of rotatable bonds is 7. The molecule has 18 heavy (non-hydrogen) atoms. The van der Waals surface area contributed by atoms with E-state index in [1.165, 1.54) is 11.3 Å². The van der Waals surface area contributed by atoms with E-state index in [-0.39, 0.29) is 0 Å². The van der Waals surface area contributed by atoms with Crippen LogP contribution >= 0.6 is 0 Å². The van der Waals surface area contributed by atoms with Crippen molar-refractivity contribution in [1.29, 1.82) is 0 Å². The summed E-state index contributed by atoms with van der Waals surface area (Å²) in [5.41, 5.74) is 3.63. The maximum absolute atomic E-state index is 4.22. The molecule has 3 nitrogen and oxygen atoms in total. The maximum atomic E-state index is 4.22. The third-order valence-electron chi connectivity index (χ3n) is 2.66. The van der Waals surface area contributed by atoms with Crippen LogP contribution in [0.25, 0.3) is 0 Å². The predicted octanol–water partition coefficient (Wildman–Crippen LogP) is 2.84. The van der Waals surface area contributed by atoms with Crippen LogP contribution in [0.1, 0.15) is 26.3 Å². The van der Waals surface area contributed by atoms with Crippen molar-refractivity contribution in [2.24, 2.45) is 5.92 Å². The fourth-order valence-corrected chi connectivity index (χ4v) is 1.91. The van der Waals surface area contributed by atoms with Crippen LogP contribution in [0.3, 0.4) is 0 Å². The molecule has 0 aliphatic rings. The van der Waals surface area contributed by atoms with Gasteiger partial charge in [0, 0.05) is 43.8 Å². The minimum Gasteiger partial charge on any atom is -0.370 e. The Morgan fingerprint density at radius 1 is 1.50 bits per heavy atom. The van der Waals surface area contributed by atoms with Crippen LogP contribution in [0.15, 0.2) is 30.6 Å². The first-order chi connectivity index (χ1) is 8.50. The molecular weight excluding hydrogens is 222 g/mol. The lowest BCUT2D eigenvalue weighted by atomic mass is 10.2. The molecule has 3 heteroatoms. The number of hydrogen-bond donors (Lipinski definition) is 1. The summed E-state index contributed by atoms with van der Waals surface area (Å²) in [7, 11) is 2.09. The number of anilines is 1. The minimum atomic E-state index is 0.665. The van der Waals surface area contributed by atoms with Crippen molar-refractivity contribution in [3.63, 3.8) is 0 Å². The van der Waals surface area contributed by atoms with Crippen molar-refractivity contribution >= 4 is 5.69 Å². The standard InChI is InChI=1S/C15H25N3/c1-12(2)8-17-10-14-9-16-7-6-15(14)18(5)11-13(3)4/h6-7,9,12,17H,3,8,10-11H2,1-2,4-5H3. The van der Waals surface area contributed by atoms with E-state index in [0.717, 1.165) is 25.2 Å². The third kappa shape index (κ3) is 4.88. The molecule has 0 aromatic carbocycles. The Morgan fingerprint density at radius 3 is 2.83 bits per heavy atom. The van der Waals surface area contributed by atoms with Gasteiger partial charge in [-0.05, 0) is 25.5 Å². The number of nitrogens with zero attached hydrogens (tertiary/aromatic N) is 2. The molecule has 0 aliphatic carbocycles. The summed E-state index contributed by atoms with van der Waals surface area (Å²) in [6, 6.07) is 2.06. The predicted molar refractivity (Wildman–Crippen MR) is 78.9 cm³/mol. The molecule has 0 radical (unpaired) electrons. The average molecular weight is 247 g/mol. The number of nitrogens with one attached hydrogen (secondary N) is 1. The van der Waals surface area contributed by atoms with Crippen molar-refractivity contribution in [2.75, 3.05) is 25.0 Å². The first-order valence-corrected chi connectivity index (χ1v) is 6.49. The van der Waals surface area contributed by atoms with Crippen LogP contribution in [0.2, 0.25) is 0 Å². The highest BCUT2D eigenvalue weighted by atomic mass is 15.1. The first kappa shape index (κ1) is 14.7. The molecule has 1 aromatic rings. The zero-order valence-corrected chi connectivity index (χ0v) is 12.0. The molecule has 0 fully saturated rings. The molecular formula is C15H25N3. The lowest BCUT2D eigenvalue weighted by molar-refractivity contribution is 0.551.